The van der Waals surface area contributed by atoms with Gasteiger partial charge in [0.1, 0.15) is 11.5 Å². The standard InChI is InChI=1S/C24H20BrNO6S/c1-13-3-9-17(10-4-13)33(30,31)26-23(15-5-7-16(25)8-6-15)22-19(28)12-18(27)21-14(2)11-20(29)32-24(21)22/h3-12,23,26-28H,1-2H3. The Hall–Kier alpha value is -3.14. The quantitative estimate of drug-likeness (QED) is 0.324. The lowest BCUT2D eigenvalue weighted by molar-refractivity contribution is 0.441. The van der Waals surface area contributed by atoms with Gasteiger partial charge in [-0.1, -0.05) is 45.8 Å². The van der Waals surface area contributed by atoms with Crippen LogP contribution in [0.25, 0.3) is 11.0 Å². The fourth-order valence-electron chi connectivity index (χ4n) is 3.68. The number of halogens is 1. The highest BCUT2D eigenvalue weighted by Crippen LogP contribution is 2.41. The molecule has 0 aliphatic rings. The second-order valence-electron chi connectivity index (χ2n) is 7.70. The van der Waals surface area contributed by atoms with Crippen molar-refractivity contribution < 1.29 is 23.0 Å². The van der Waals surface area contributed by atoms with E-state index in [1.54, 1.807) is 43.3 Å². The number of rotatable bonds is 5. The Kier molecular flexibility index (Phi) is 6.04. The van der Waals surface area contributed by atoms with Crippen LogP contribution in [-0.4, -0.2) is 18.6 Å². The molecule has 0 saturated carbocycles. The van der Waals surface area contributed by atoms with Gasteiger partial charge in [-0.25, -0.2) is 13.2 Å². The van der Waals surface area contributed by atoms with Crippen molar-refractivity contribution >= 4 is 36.9 Å². The number of fused-ring (bicyclic) bond motifs is 1. The number of hydrogen-bond acceptors (Lipinski definition) is 6. The summed E-state index contributed by atoms with van der Waals surface area (Å²) in [6, 6.07) is 14.3. The molecule has 1 heterocycles. The van der Waals surface area contributed by atoms with Gasteiger partial charge in [0.05, 0.1) is 21.9 Å². The van der Waals surface area contributed by atoms with E-state index < -0.39 is 27.4 Å². The van der Waals surface area contributed by atoms with E-state index in [1.807, 2.05) is 6.92 Å². The maximum atomic E-state index is 13.3. The summed E-state index contributed by atoms with van der Waals surface area (Å²) in [6.45, 7) is 3.46. The third-order valence-electron chi connectivity index (χ3n) is 5.30. The van der Waals surface area contributed by atoms with E-state index in [1.165, 1.54) is 18.2 Å². The fourth-order valence-corrected chi connectivity index (χ4v) is 5.14. The van der Waals surface area contributed by atoms with Crippen molar-refractivity contribution in [1.29, 1.82) is 0 Å². The van der Waals surface area contributed by atoms with Crippen LogP contribution in [0.1, 0.15) is 28.3 Å². The molecule has 4 aromatic rings. The van der Waals surface area contributed by atoms with Gasteiger partial charge >= 0.3 is 5.63 Å². The van der Waals surface area contributed by atoms with Crippen molar-refractivity contribution in [2.45, 2.75) is 24.8 Å². The average molecular weight is 530 g/mol. The van der Waals surface area contributed by atoms with Crippen LogP contribution in [0.4, 0.5) is 0 Å². The molecular formula is C24H20BrNO6S. The number of nitrogens with one attached hydrogen (secondary N) is 1. The summed E-state index contributed by atoms with van der Waals surface area (Å²) in [5, 5.41) is 21.4. The zero-order valence-electron chi connectivity index (χ0n) is 17.7. The minimum Gasteiger partial charge on any atom is -0.507 e. The second-order valence-corrected chi connectivity index (χ2v) is 10.3. The van der Waals surface area contributed by atoms with Crippen LogP contribution in [0.3, 0.4) is 0 Å². The topological polar surface area (TPSA) is 117 Å². The fraction of sp³-hybridized carbons (Fsp3) is 0.125. The number of hydrogen-bond donors (Lipinski definition) is 3. The highest BCUT2D eigenvalue weighted by atomic mass is 79.9. The molecule has 3 N–H and O–H groups in total. The predicted molar refractivity (Wildman–Crippen MR) is 128 cm³/mol. The molecule has 0 radical (unpaired) electrons. The molecular weight excluding hydrogens is 510 g/mol. The van der Waals surface area contributed by atoms with Crippen molar-refractivity contribution in [3.8, 4) is 11.5 Å². The Labute approximate surface area is 198 Å². The van der Waals surface area contributed by atoms with Gasteiger partial charge in [0.25, 0.3) is 0 Å². The first-order valence-electron chi connectivity index (χ1n) is 9.90. The lowest BCUT2D eigenvalue weighted by Crippen LogP contribution is -2.30. The largest absolute Gasteiger partial charge is 0.507 e. The Morgan fingerprint density at radius 3 is 2.21 bits per heavy atom. The molecule has 0 aliphatic carbocycles. The van der Waals surface area contributed by atoms with Crippen molar-refractivity contribution in [1.82, 2.24) is 4.72 Å². The van der Waals surface area contributed by atoms with Crippen LogP contribution in [0, 0.1) is 13.8 Å². The van der Waals surface area contributed by atoms with E-state index in [9.17, 15) is 23.4 Å². The summed E-state index contributed by atoms with van der Waals surface area (Å²) >= 11 is 3.36. The van der Waals surface area contributed by atoms with E-state index in [4.69, 9.17) is 4.42 Å². The summed E-state index contributed by atoms with van der Waals surface area (Å²) in [7, 11) is -4.05. The molecule has 0 amide bonds. The molecule has 1 unspecified atom stereocenters. The molecule has 4 rings (SSSR count). The van der Waals surface area contributed by atoms with Gasteiger partial charge in [0, 0.05) is 16.6 Å². The maximum Gasteiger partial charge on any atom is 0.336 e. The SMILES string of the molecule is Cc1ccc(S(=O)(=O)NC(c2ccc(Br)cc2)c2c(O)cc(O)c3c(C)cc(=O)oc23)cc1. The smallest absolute Gasteiger partial charge is 0.336 e. The van der Waals surface area contributed by atoms with E-state index in [-0.39, 0.29) is 27.2 Å². The maximum absolute atomic E-state index is 13.3. The first-order valence-corrected chi connectivity index (χ1v) is 12.2. The first kappa shape index (κ1) is 23.0. The molecule has 7 nitrogen and oxygen atoms in total. The van der Waals surface area contributed by atoms with Gasteiger partial charge in [0.15, 0.2) is 5.58 Å². The van der Waals surface area contributed by atoms with Gasteiger partial charge < -0.3 is 14.6 Å². The van der Waals surface area contributed by atoms with Crippen LogP contribution in [0.5, 0.6) is 11.5 Å². The van der Waals surface area contributed by atoms with Crippen LogP contribution in [0.2, 0.25) is 0 Å². The molecule has 0 saturated heterocycles. The Bertz CT molecular complexity index is 1510. The molecule has 0 bridgehead atoms. The van der Waals surface area contributed by atoms with Gasteiger partial charge in [-0.15, -0.1) is 0 Å². The van der Waals surface area contributed by atoms with E-state index in [0.29, 0.717) is 11.1 Å². The zero-order chi connectivity index (χ0) is 23.9. The number of sulfonamides is 1. The lowest BCUT2D eigenvalue weighted by Gasteiger charge is -2.22. The number of benzene rings is 3. The van der Waals surface area contributed by atoms with Crippen molar-refractivity contribution in [2.75, 3.05) is 0 Å². The predicted octanol–water partition coefficient (Wildman–Crippen LogP) is 4.65. The van der Waals surface area contributed by atoms with Gasteiger partial charge in [0.2, 0.25) is 10.0 Å². The minimum absolute atomic E-state index is 0.0154. The van der Waals surface area contributed by atoms with Crippen LogP contribution in [0.15, 0.2) is 79.2 Å². The van der Waals surface area contributed by atoms with Gasteiger partial charge in [-0.05, 0) is 49.2 Å². The number of phenols is 2. The minimum atomic E-state index is -4.05. The van der Waals surface area contributed by atoms with E-state index in [0.717, 1.165) is 16.1 Å². The average Bonchev–Trinajstić information content (AvgIpc) is 2.73. The number of phenolic OH excluding ortho intramolecular Hbond substituents is 2. The third-order valence-corrected chi connectivity index (χ3v) is 7.27. The van der Waals surface area contributed by atoms with Crippen molar-refractivity contribution in [3.05, 3.63) is 97.8 Å². The molecule has 9 heteroatoms. The molecule has 1 atom stereocenters. The van der Waals surface area contributed by atoms with Crippen LogP contribution in [-0.2, 0) is 10.0 Å². The van der Waals surface area contributed by atoms with Crippen molar-refractivity contribution in [3.63, 3.8) is 0 Å². The van der Waals surface area contributed by atoms with Crippen LogP contribution < -0.4 is 10.3 Å². The van der Waals surface area contributed by atoms with Gasteiger partial charge in [-0.3, -0.25) is 0 Å². The van der Waals surface area contributed by atoms with Crippen LogP contribution >= 0.6 is 15.9 Å². The summed E-state index contributed by atoms with van der Waals surface area (Å²) in [6.07, 6.45) is 0. The second kappa shape index (κ2) is 8.66. The summed E-state index contributed by atoms with van der Waals surface area (Å²) in [5.74, 6) is -0.711. The number of aryl methyl sites for hydroxylation is 2. The molecule has 33 heavy (non-hydrogen) atoms. The molecule has 170 valence electrons. The Balaban J connectivity index is 1.99. The first-order chi connectivity index (χ1) is 15.6. The molecule has 1 aromatic heterocycles. The lowest BCUT2D eigenvalue weighted by atomic mass is 9.95. The highest BCUT2D eigenvalue weighted by Gasteiger charge is 2.29. The molecule has 0 fully saturated rings. The van der Waals surface area contributed by atoms with Gasteiger partial charge in [-0.2, -0.15) is 4.72 Å². The molecule has 0 spiro atoms. The van der Waals surface area contributed by atoms with E-state index in [2.05, 4.69) is 20.7 Å². The summed E-state index contributed by atoms with van der Waals surface area (Å²) < 4.78 is 35.3. The highest BCUT2D eigenvalue weighted by molar-refractivity contribution is 9.10. The van der Waals surface area contributed by atoms with E-state index >= 15 is 0 Å². The zero-order valence-corrected chi connectivity index (χ0v) is 20.1. The summed E-state index contributed by atoms with van der Waals surface area (Å²) in [4.78, 5) is 12.2. The normalized spacial score (nSPS) is 12.7. The monoisotopic (exact) mass is 529 g/mol. The number of aromatic hydroxyl groups is 2. The molecule has 0 aliphatic heterocycles. The Morgan fingerprint density at radius 1 is 0.939 bits per heavy atom. The third kappa shape index (κ3) is 4.52. The Morgan fingerprint density at radius 2 is 1.58 bits per heavy atom. The molecule has 3 aromatic carbocycles. The van der Waals surface area contributed by atoms with Crippen molar-refractivity contribution in [2.24, 2.45) is 0 Å². The summed E-state index contributed by atoms with van der Waals surface area (Å²) in [5.41, 5.74) is 1.04.